The number of aromatic hydroxyl groups is 1. The van der Waals surface area contributed by atoms with Gasteiger partial charge in [-0.25, -0.2) is 97.4 Å². The van der Waals surface area contributed by atoms with E-state index < -0.39 is 56.3 Å². The second-order valence-corrected chi connectivity index (χ2v) is 43.8. The summed E-state index contributed by atoms with van der Waals surface area (Å²) in [5.41, 5.74) is 17.3. The summed E-state index contributed by atoms with van der Waals surface area (Å²) in [6.07, 6.45) is 11.3. The molecule has 0 amide bonds. The molecule has 8 aromatic heterocycles. The molecule has 0 fully saturated rings. The summed E-state index contributed by atoms with van der Waals surface area (Å²) in [6, 6.07) is 61.8. The number of alkyl halides is 3. The number of methoxy groups -OCH3 is 1. The van der Waals surface area contributed by atoms with E-state index >= 15 is 0 Å². The third-order valence-electron chi connectivity index (χ3n) is 21.3. The number of hydrogen-bond donors (Lipinski definition) is 9. The normalized spacial score (nSPS) is 12.9. The Morgan fingerprint density at radius 3 is 1.11 bits per heavy atom. The van der Waals surface area contributed by atoms with Crippen molar-refractivity contribution in [3.8, 4) is 104 Å². The average Bonchev–Trinajstić information content (AvgIpc) is 1.66. The number of sulfonamides is 4. The van der Waals surface area contributed by atoms with Crippen molar-refractivity contribution in [2.45, 2.75) is 77.3 Å². The van der Waals surface area contributed by atoms with Crippen LogP contribution in [0.4, 0.5) is 65.4 Å². The van der Waals surface area contributed by atoms with Crippen LogP contribution in [0.1, 0.15) is 41.8 Å². The Labute approximate surface area is 778 Å². The summed E-state index contributed by atoms with van der Waals surface area (Å²) in [4.78, 5) is 45.2. The molecule has 0 unspecified atom stereocenters. The zero-order chi connectivity index (χ0) is 93.5. The minimum atomic E-state index is -4.80. The highest BCUT2D eigenvalue weighted by Gasteiger charge is 2.34. The molecule has 12 N–H and O–H groups in total. The maximum atomic E-state index is 12.9. The monoisotopic (exact) mass is 1960 g/mol. The van der Waals surface area contributed by atoms with Gasteiger partial charge >= 0.3 is 6.36 Å². The molecular weight excluding hydrogens is 1880 g/mol. The van der Waals surface area contributed by atoms with Crippen LogP contribution >= 0.6 is 45.3 Å². The molecule has 4 aliphatic rings. The van der Waals surface area contributed by atoms with E-state index in [0.29, 0.717) is 69.6 Å². The van der Waals surface area contributed by atoms with Gasteiger partial charge in [-0.15, -0.1) is 58.5 Å². The molecule has 0 saturated carbocycles. The van der Waals surface area contributed by atoms with Crippen molar-refractivity contribution in [3.63, 3.8) is 0 Å². The van der Waals surface area contributed by atoms with Crippen LogP contribution in [0, 0.1) is 0 Å². The largest absolute Gasteiger partial charge is 0.573 e. The number of ether oxygens (including phenoxy) is 2. The Morgan fingerprint density at radius 1 is 0.361 bits per heavy atom. The number of aryl methyl sites for hydroxylation is 8. The number of rotatable bonds is 20. The molecule has 20 rings (SSSR count). The zero-order valence-electron chi connectivity index (χ0n) is 70.2. The first-order valence-electron chi connectivity index (χ1n) is 40.5. The van der Waals surface area contributed by atoms with Crippen LogP contribution in [-0.4, -0.2) is 113 Å². The maximum absolute atomic E-state index is 12.9. The quantitative estimate of drug-likeness (QED) is 0.0342. The number of benzene rings is 8. The van der Waals surface area contributed by atoms with Crippen LogP contribution in [-0.2, 0) is 101 Å². The van der Waals surface area contributed by atoms with E-state index in [-0.39, 0.29) is 37.0 Å². The second kappa shape index (κ2) is 37.4. The SMILES string of the molecule is COc1cccc(-c2cc3c(s2)CCc2cnc(Nc4ccc(S(C)(=O)=O)cc4)nc2-3)c1.CS(=O)(=O)Nc1cccc(-c2cc3c(s2)CCc2cnc(Nc4cccc(S(N)(=O)=O)c4)nc2-3)c1.NS(=O)(=O)c1cccc(Nc2ncc3c(n2)-c2cc(-c4ccccc4O)sc2CC3)c1.NS(=O)(=O)c1cccc(Nc2ncc3c(n2)-c2cc(-c4ccccc4OC(F)(F)F)sc2CC3)c1. The molecule has 0 bridgehead atoms. The van der Waals surface area contributed by atoms with Crippen LogP contribution in [0.15, 0.2) is 263 Å². The van der Waals surface area contributed by atoms with Crippen molar-refractivity contribution in [1.82, 2.24) is 39.9 Å². The number of phenolic OH excluding ortho intramolecular Hbond substituents is 1. The molecule has 8 heterocycles. The topological polar surface area (TPSA) is 451 Å². The van der Waals surface area contributed by atoms with Crippen molar-refractivity contribution in [2.75, 3.05) is 45.6 Å². The highest BCUT2D eigenvalue weighted by atomic mass is 32.2. The molecule has 41 heteroatoms. The smallest absolute Gasteiger partial charge is 0.507 e. The molecule has 133 heavy (non-hydrogen) atoms. The van der Waals surface area contributed by atoms with Gasteiger partial charge < -0.3 is 35.8 Å². The van der Waals surface area contributed by atoms with E-state index in [0.717, 1.165) is 149 Å². The van der Waals surface area contributed by atoms with Crippen molar-refractivity contribution in [2.24, 2.45) is 15.4 Å². The molecule has 4 aliphatic carbocycles. The number of hydrogen-bond acceptors (Lipinski definition) is 29. The Morgan fingerprint density at radius 2 is 0.714 bits per heavy atom. The van der Waals surface area contributed by atoms with Crippen LogP contribution in [0.2, 0.25) is 0 Å². The molecule has 0 spiro atoms. The fourth-order valence-corrected chi connectivity index (χ4v) is 22.7. The lowest BCUT2D eigenvalue weighted by atomic mass is 9.96. The number of para-hydroxylation sites is 2. The van der Waals surface area contributed by atoms with E-state index in [2.05, 4.69) is 79.9 Å². The van der Waals surface area contributed by atoms with Crippen molar-refractivity contribution >= 4 is 148 Å². The van der Waals surface area contributed by atoms with Gasteiger partial charge in [-0.2, -0.15) is 0 Å². The van der Waals surface area contributed by atoms with Gasteiger partial charge in [0, 0.05) is 132 Å². The highest BCUT2D eigenvalue weighted by Crippen LogP contribution is 2.49. The van der Waals surface area contributed by atoms with Crippen molar-refractivity contribution in [1.29, 1.82) is 0 Å². The predicted molar refractivity (Wildman–Crippen MR) is 512 cm³/mol. The Kier molecular flexibility index (Phi) is 25.8. The van der Waals surface area contributed by atoms with Gasteiger partial charge in [-0.05, 0) is 236 Å². The number of primary sulfonamides is 3. The molecule has 0 atom stereocenters. The number of nitrogens with two attached hydrogens (primary N) is 3. The first-order chi connectivity index (χ1) is 63.4. The van der Waals surface area contributed by atoms with E-state index in [1.54, 1.807) is 151 Å². The van der Waals surface area contributed by atoms with E-state index in [1.165, 1.54) is 85.6 Å². The number of nitrogens with zero attached hydrogens (tertiary/aromatic N) is 8. The van der Waals surface area contributed by atoms with Crippen LogP contribution in [0.5, 0.6) is 17.2 Å². The van der Waals surface area contributed by atoms with Gasteiger partial charge in [-0.1, -0.05) is 66.7 Å². The molecule has 0 radical (unpaired) electrons. The summed E-state index contributed by atoms with van der Waals surface area (Å²) in [5.74, 6) is 2.27. The lowest BCUT2D eigenvalue weighted by Gasteiger charge is -2.16. The van der Waals surface area contributed by atoms with Gasteiger partial charge in [0.25, 0.3) is 0 Å². The Bertz CT molecular complexity index is 7860. The average molecular weight is 1960 g/mol. The Balaban J connectivity index is 0.000000124. The first-order valence-corrected chi connectivity index (χ1v) is 52.2. The molecule has 29 nitrogen and oxygen atoms in total. The highest BCUT2D eigenvalue weighted by molar-refractivity contribution is 7.92. The first kappa shape index (κ1) is 91.6. The molecular formula is C92H77F3N16O13S9. The third kappa shape index (κ3) is 21.7. The zero-order valence-corrected chi connectivity index (χ0v) is 77.6. The van der Waals surface area contributed by atoms with Crippen LogP contribution in [0.3, 0.4) is 0 Å². The number of anilines is 9. The summed E-state index contributed by atoms with van der Waals surface area (Å²) < 4.78 is 167. The third-order valence-corrected chi connectivity index (χ3v) is 30.8. The second-order valence-electron chi connectivity index (χ2n) is 30.8. The molecule has 8 aromatic carbocycles. The standard InChI is InChI=1S/C24H21N3O3S2.C23H17F3N4O3S2.C23H21N5O4S3.C22H18N4O3S2/c1-30-18-5-3-4-15(12-18)22-13-20-21(31-22)11-6-16-14-25-24(27-23(16)20)26-17-7-9-19(10-8-17)32(2,28)29;24-23(25,26)33-18-7-2-1-6-16(18)20-11-17-19(34-20)9-8-13-12-28-22(30-21(13)17)29-14-4-3-5-15(10-14)35(27,31)32;1-34(29,30)28-17-6-2-4-14(10-17)21-12-19-20(33-21)9-8-15-13-25-23(27-22(15)19)26-16-5-3-7-18(11-16)35(24,31)32;23-31(28,29)15-5-3-4-14(10-15)25-22-24-12-13-8-9-19-17(21(13)26-22)11-20(30-19)16-6-1-2-7-18(16)27/h3-5,7-10,12-14H,6,11H2,1-2H3,(H,25,26,27);1-7,10-12H,8-9H2,(H2,27,31,32)(H,28,29,30);2-7,10-13,28H,8-9H2,1H3,(H2,24,31,32)(H,25,26,27);1-7,10-12,27H,8-9H2,(H2,23,28,29)(H,24,25,26). The summed E-state index contributed by atoms with van der Waals surface area (Å²) in [5, 5.41) is 38.2. The fourth-order valence-electron chi connectivity index (χ4n) is 15.2. The molecule has 0 saturated heterocycles. The summed E-state index contributed by atoms with van der Waals surface area (Å²) in [6.45, 7) is 0. The van der Waals surface area contributed by atoms with Gasteiger partial charge in [0.2, 0.25) is 63.9 Å². The van der Waals surface area contributed by atoms with Gasteiger partial charge in [0.05, 0.1) is 55.7 Å². The van der Waals surface area contributed by atoms with Gasteiger partial charge in [-0.3, -0.25) is 4.72 Å². The van der Waals surface area contributed by atoms with Crippen LogP contribution in [0.25, 0.3) is 86.8 Å². The van der Waals surface area contributed by atoms with Crippen molar-refractivity contribution < 1.29 is 69.8 Å². The maximum Gasteiger partial charge on any atom is 0.573 e. The van der Waals surface area contributed by atoms with E-state index in [9.17, 15) is 60.4 Å². The molecule has 0 aliphatic heterocycles. The number of aromatic nitrogens is 8. The van der Waals surface area contributed by atoms with E-state index in [4.69, 9.17) is 35.1 Å². The lowest BCUT2D eigenvalue weighted by Crippen LogP contribution is -2.17. The minimum Gasteiger partial charge on any atom is -0.507 e. The number of phenols is 1. The number of thiophene rings is 4. The summed E-state index contributed by atoms with van der Waals surface area (Å²) >= 11 is 6.50. The Hall–Kier alpha value is -13.3. The summed E-state index contributed by atoms with van der Waals surface area (Å²) in [7, 11) is -16.4. The number of halogens is 3. The number of nitrogens with one attached hydrogen (secondary N) is 5. The molecule has 16 aromatic rings. The van der Waals surface area contributed by atoms with E-state index in [1.807, 2.05) is 60.8 Å². The fraction of sp³-hybridized carbons (Fsp3) is 0.130. The van der Waals surface area contributed by atoms with Gasteiger partial charge in [0.1, 0.15) is 17.2 Å². The van der Waals surface area contributed by atoms with Crippen molar-refractivity contribution in [3.05, 3.63) is 285 Å². The van der Waals surface area contributed by atoms with Crippen LogP contribution < -0.4 is 50.9 Å². The number of sulfone groups is 1. The predicted octanol–water partition coefficient (Wildman–Crippen LogP) is 18.2. The lowest BCUT2D eigenvalue weighted by molar-refractivity contribution is -0.274. The number of fused-ring (bicyclic) bond motifs is 12. The molecule has 678 valence electrons. The van der Waals surface area contributed by atoms with Gasteiger partial charge in [0.15, 0.2) is 9.84 Å². The minimum absolute atomic E-state index is 0.00202.